The number of ether oxygens (including phenoxy) is 1. The number of hydrogen-bond acceptors (Lipinski definition) is 8. The first kappa shape index (κ1) is 29.6. The van der Waals surface area contributed by atoms with Crippen molar-refractivity contribution in [3.8, 4) is 0 Å². The molecular formula is C29H34N4O5S2. The lowest BCUT2D eigenvalue weighted by molar-refractivity contribution is -0.140. The van der Waals surface area contributed by atoms with Gasteiger partial charge in [-0.1, -0.05) is 74.5 Å². The number of thiazole rings is 1. The zero-order valence-corrected chi connectivity index (χ0v) is 24.1. The average Bonchev–Trinajstić information content (AvgIpc) is 3.68. The number of carbonyl (C=O) groups is 3. The number of hydrogen-bond donors (Lipinski definition) is 3. The van der Waals surface area contributed by atoms with Gasteiger partial charge in [0.1, 0.15) is 29.8 Å². The normalized spacial score (nSPS) is 17.2. The number of alkyl carbamates (subject to hydrolysis) is 1. The summed E-state index contributed by atoms with van der Waals surface area (Å²) in [5.74, 6) is -0.213. The van der Waals surface area contributed by atoms with Gasteiger partial charge in [-0.05, 0) is 23.5 Å². The van der Waals surface area contributed by atoms with Crippen LogP contribution in [-0.4, -0.2) is 62.7 Å². The maximum absolute atomic E-state index is 13.6. The number of aliphatic hydroxyl groups is 1. The summed E-state index contributed by atoms with van der Waals surface area (Å²) in [6.45, 7) is 3.75. The molecule has 3 N–H and O–H groups in total. The van der Waals surface area contributed by atoms with Gasteiger partial charge in [0, 0.05) is 17.3 Å². The largest absolute Gasteiger partial charge is 0.445 e. The van der Waals surface area contributed by atoms with Crippen LogP contribution in [-0.2, 0) is 27.4 Å². The van der Waals surface area contributed by atoms with Crippen LogP contribution in [0.3, 0.4) is 0 Å². The minimum absolute atomic E-state index is 0.0838. The van der Waals surface area contributed by atoms with Crippen molar-refractivity contribution in [2.45, 2.75) is 51.1 Å². The highest BCUT2D eigenvalue weighted by molar-refractivity contribution is 7.99. The molecule has 11 heteroatoms. The van der Waals surface area contributed by atoms with Crippen molar-refractivity contribution < 1.29 is 24.2 Å². The molecule has 0 bridgehead atoms. The Labute approximate surface area is 242 Å². The number of amides is 3. The van der Waals surface area contributed by atoms with E-state index in [1.807, 2.05) is 74.5 Å². The lowest BCUT2D eigenvalue weighted by Gasteiger charge is -2.31. The van der Waals surface area contributed by atoms with Gasteiger partial charge < -0.3 is 25.4 Å². The second-order valence-electron chi connectivity index (χ2n) is 9.87. The molecule has 1 aromatic heterocycles. The summed E-state index contributed by atoms with van der Waals surface area (Å²) in [7, 11) is 0. The average molecular weight is 583 g/mol. The van der Waals surface area contributed by atoms with E-state index in [4.69, 9.17) is 4.74 Å². The molecular weight excluding hydrogens is 548 g/mol. The van der Waals surface area contributed by atoms with Gasteiger partial charge in [0.15, 0.2) is 0 Å². The van der Waals surface area contributed by atoms with Gasteiger partial charge in [-0.3, -0.25) is 9.59 Å². The van der Waals surface area contributed by atoms with Gasteiger partial charge >= 0.3 is 6.09 Å². The van der Waals surface area contributed by atoms with Crippen LogP contribution in [0.15, 0.2) is 72.2 Å². The molecule has 0 aliphatic carbocycles. The number of aromatic nitrogens is 1. The number of nitrogens with one attached hydrogen (secondary N) is 2. The van der Waals surface area contributed by atoms with Crippen molar-refractivity contribution in [1.82, 2.24) is 20.5 Å². The Morgan fingerprint density at radius 1 is 1.05 bits per heavy atom. The maximum Gasteiger partial charge on any atom is 0.408 e. The molecule has 3 aromatic rings. The van der Waals surface area contributed by atoms with E-state index in [-0.39, 0.29) is 24.3 Å². The summed E-state index contributed by atoms with van der Waals surface area (Å²) in [4.78, 5) is 45.4. The lowest BCUT2D eigenvalue weighted by atomic mass is 10.0. The van der Waals surface area contributed by atoms with Crippen LogP contribution < -0.4 is 10.6 Å². The first-order valence-corrected chi connectivity index (χ1v) is 15.1. The van der Waals surface area contributed by atoms with Gasteiger partial charge in [-0.15, -0.1) is 23.1 Å². The zero-order valence-electron chi connectivity index (χ0n) is 22.4. The predicted molar refractivity (Wildman–Crippen MR) is 155 cm³/mol. The fourth-order valence-electron chi connectivity index (χ4n) is 4.40. The molecule has 212 valence electrons. The third-order valence-electron chi connectivity index (χ3n) is 6.60. The van der Waals surface area contributed by atoms with Crippen LogP contribution in [0.2, 0.25) is 0 Å². The monoisotopic (exact) mass is 582 g/mol. The van der Waals surface area contributed by atoms with Crippen LogP contribution in [0, 0.1) is 5.92 Å². The summed E-state index contributed by atoms with van der Waals surface area (Å²) in [6, 6.07) is 16.6. The lowest BCUT2D eigenvalue weighted by Crippen LogP contribution is -2.57. The van der Waals surface area contributed by atoms with E-state index in [0.717, 1.165) is 11.1 Å². The van der Waals surface area contributed by atoms with E-state index < -0.39 is 30.3 Å². The SMILES string of the molecule is CC(C)[C@H](NC(=O)OCc1ccccc1)C(=O)N1CSC[C@H]1C(=O)N[C@@H](Cc1ccccc1)C(O)c1nccs1. The van der Waals surface area contributed by atoms with Crippen LogP contribution in [0.1, 0.15) is 36.1 Å². The zero-order chi connectivity index (χ0) is 28.5. The second kappa shape index (κ2) is 14.3. The van der Waals surface area contributed by atoms with E-state index >= 15 is 0 Å². The van der Waals surface area contributed by atoms with Crippen molar-refractivity contribution in [3.05, 3.63) is 88.4 Å². The summed E-state index contributed by atoms with van der Waals surface area (Å²) >= 11 is 2.78. The van der Waals surface area contributed by atoms with E-state index in [9.17, 15) is 19.5 Å². The van der Waals surface area contributed by atoms with Crippen LogP contribution in [0.5, 0.6) is 0 Å². The van der Waals surface area contributed by atoms with Crippen molar-refractivity contribution in [2.75, 3.05) is 11.6 Å². The Morgan fingerprint density at radius 2 is 1.73 bits per heavy atom. The Morgan fingerprint density at radius 3 is 2.35 bits per heavy atom. The van der Waals surface area contributed by atoms with Crippen molar-refractivity contribution in [1.29, 1.82) is 0 Å². The number of carbonyl (C=O) groups excluding carboxylic acids is 3. The molecule has 1 saturated heterocycles. The molecule has 2 aromatic carbocycles. The van der Waals surface area contributed by atoms with Gasteiger partial charge in [0.25, 0.3) is 0 Å². The number of rotatable bonds is 11. The van der Waals surface area contributed by atoms with Crippen LogP contribution >= 0.6 is 23.1 Å². The smallest absolute Gasteiger partial charge is 0.408 e. The van der Waals surface area contributed by atoms with Gasteiger partial charge in [-0.2, -0.15) is 0 Å². The Bertz CT molecular complexity index is 1240. The summed E-state index contributed by atoms with van der Waals surface area (Å²) in [5, 5.41) is 19.0. The molecule has 0 saturated carbocycles. The summed E-state index contributed by atoms with van der Waals surface area (Å²) in [6.07, 6.45) is 0.303. The molecule has 9 nitrogen and oxygen atoms in total. The Balaban J connectivity index is 1.43. The van der Waals surface area contributed by atoms with E-state index in [1.165, 1.54) is 28.0 Å². The topological polar surface area (TPSA) is 121 Å². The van der Waals surface area contributed by atoms with Gasteiger partial charge in [0.2, 0.25) is 11.8 Å². The Kier molecular flexibility index (Phi) is 10.6. The molecule has 2 heterocycles. The standard InChI is InChI=1S/C29H34N4O5S2/c1-19(2)24(32-29(37)38-16-21-11-7-4-8-12-21)28(36)33-18-39-17-23(33)26(35)31-22(15-20-9-5-3-6-10-20)25(34)27-30-13-14-40-27/h3-14,19,22-25,34H,15-18H2,1-2H3,(H,31,35)(H,32,37)/t22-,23-,24-,25?/m0/s1. The molecule has 3 amide bonds. The molecule has 40 heavy (non-hydrogen) atoms. The molecule has 0 spiro atoms. The number of aliphatic hydroxyl groups excluding tert-OH is 1. The quantitative estimate of drug-likeness (QED) is 0.315. The number of nitrogens with zero attached hydrogens (tertiary/aromatic N) is 2. The predicted octanol–water partition coefficient (Wildman–Crippen LogP) is 3.76. The number of benzene rings is 2. The fraction of sp³-hybridized carbons (Fsp3) is 0.379. The molecule has 4 atom stereocenters. The second-order valence-corrected chi connectivity index (χ2v) is 11.8. The third kappa shape index (κ3) is 7.83. The first-order chi connectivity index (χ1) is 19.3. The minimum atomic E-state index is -1.01. The van der Waals surface area contributed by atoms with Crippen LogP contribution in [0.4, 0.5) is 4.79 Å². The summed E-state index contributed by atoms with van der Waals surface area (Å²) < 4.78 is 5.33. The van der Waals surface area contributed by atoms with Gasteiger partial charge in [0.05, 0.1) is 11.9 Å². The molecule has 0 radical (unpaired) electrons. The minimum Gasteiger partial charge on any atom is -0.445 e. The highest BCUT2D eigenvalue weighted by atomic mass is 32.2. The van der Waals surface area contributed by atoms with Crippen molar-refractivity contribution in [3.63, 3.8) is 0 Å². The molecule has 1 unspecified atom stereocenters. The maximum atomic E-state index is 13.6. The third-order valence-corrected chi connectivity index (χ3v) is 8.46. The van der Waals surface area contributed by atoms with E-state index in [1.54, 1.807) is 11.6 Å². The van der Waals surface area contributed by atoms with Crippen molar-refractivity contribution >= 4 is 41.0 Å². The highest BCUT2D eigenvalue weighted by Crippen LogP contribution is 2.26. The van der Waals surface area contributed by atoms with Gasteiger partial charge in [-0.25, -0.2) is 9.78 Å². The fourth-order valence-corrected chi connectivity index (χ4v) is 6.25. The highest BCUT2D eigenvalue weighted by Gasteiger charge is 2.40. The molecule has 1 aliphatic heterocycles. The first-order valence-electron chi connectivity index (χ1n) is 13.1. The molecule has 4 rings (SSSR count). The Hall–Kier alpha value is -3.41. The molecule has 1 fully saturated rings. The van der Waals surface area contributed by atoms with E-state index in [2.05, 4.69) is 15.6 Å². The van der Waals surface area contributed by atoms with E-state index in [0.29, 0.717) is 23.1 Å². The summed E-state index contributed by atoms with van der Waals surface area (Å²) in [5.41, 5.74) is 1.79. The van der Waals surface area contributed by atoms with Crippen molar-refractivity contribution in [2.24, 2.45) is 5.92 Å². The number of thioether (sulfide) groups is 1. The molecule has 1 aliphatic rings. The van der Waals surface area contributed by atoms with Crippen LogP contribution in [0.25, 0.3) is 0 Å².